The Bertz CT molecular complexity index is 527. The molecule has 0 unspecified atom stereocenters. The van der Waals surface area contributed by atoms with E-state index in [1.165, 1.54) is 11.0 Å². The summed E-state index contributed by atoms with van der Waals surface area (Å²) in [5, 5.41) is 8.08. The van der Waals surface area contributed by atoms with Crippen LogP contribution in [0, 0.1) is 0 Å². The number of nitrogens with one attached hydrogen (secondary N) is 1. The average Bonchev–Trinajstić information content (AvgIpc) is 2.94. The van der Waals surface area contributed by atoms with Gasteiger partial charge in [0, 0.05) is 7.11 Å². The fraction of sp³-hybridized carbons (Fsp3) is 0.250. The molecule has 7 heteroatoms. The highest BCUT2D eigenvalue weighted by molar-refractivity contribution is 5.91. The zero-order valence-electron chi connectivity index (χ0n) is 10.4. The number of rotatable bonds is 6. The molecular weight excluding hydrogens is 248 g/mol. The lowest BCUT2D eigenvalue weighted by molar-refractivity contribution is 0.00855. The molecule has 1 aromatic heterocycles. The van der Waals surface area contributed by atoms with E-state index in [0.29, 0.717) is 6.61 Å². The van der Waals surface area contributed by atoms with Crippen molar-refractivity contribution in [1.29, 1.82) is 0 Å². The zero-order chi connectivity index (χ0) is 13.5. The molecule has 2 rings (SSSR count). The summed E-state index contributed by atoms with van der Waals surface area (Å²) in [5.74, 6) is -0.446. The summed E-state index contributed by atoms with van der Waals surface area (Å²) >= 11 is 0. The van der Waals surface area contributed by atoms with Gasteiger partial charge in [-0.25, -0.2) is 5.48 Å². The Kier molecular flexibility index (Phi) is 4.60. The minimum absolute atomic E-state index is 0.182. The quantitative estimate of drug-likeness (QED) is 0.608. The first kappa shape index (κ1) is 13.2. The largest absolute Gasteiger partial charge is 0.382 e. The molecule has 7 nitrogen and oxygen atoms in total. The van der Waals surface area contributed by atoms with Crippen molar-refractivity contribution in [3.63, 3.8) is 0 Å². The minimum atomic E-state index is -0.446. The predicted molar refractivity (Wildman–Crippen MR) is 66.7 cm³/mol. The van der Waals surface area contributed by atoms with Crippen LogP contribution in [0.5, 0.6) is 0 Å². The molecule has 1 aromatic carbocycles. The van der Waals surface area contributed by atoms with Crippen molar-refractivity contribution >= 4 is 5.91 Å². The van der Waals surface area contributed by atoms with E-state index in [0.717, 1.165) is 5.69 Å². The molecule has 100 valence electrons. The molecule has 1 heterocycles. The van der Waals surface area contributed by atoms with Crippen molar-refractivity contribution in [3.05, 3.63) is 42.2 Å². The summed E-state index contributed by atoms with van der Waals surface area (Å²) in [6.45, 7) is 0.673. The lowest BCUT2D eigenvalue weighted by Crippen LogP contribution is -2.25. The van der Waals surface area contributed by atoms with Crippen LogP contribution in [0.1, 0.15) is 10.5 Å². The SMILES string of the molecule is COCCONC(=O)c1cnn(-c2ccccc2)n1. The van der Waals surface area contributed by atoms with Crippen molar-refractivity contribution in [1.82, 2.24) is 20.5 Å². The second-order valence-electron chi connectivity index (χ2n) is 3.63. The smallest absolute Gasteiger partial charge is 0.297 e. The molecule has 0 atom stereocenters. The summed E-state index contributed by atoms with van der Waals surface area (Å²) < 4.78 is 4.78. The number of ether oxygens (including phenoxy) is 1. The molecule has 19 heavy (non-hydrogen) atoms. The van der Waals surface area contributed by atoms with Gasteiger partial charge < -0.3 is 4.74 Å². The molecule has 0 aliphatic rings. The molecule has 0 bridgehead atoms. The van der Waals surface area contributed by atoms with Crippen molar-refractivity contribution in [3.8, 4) is 5.69 Å². The molecule has 1 N–H and O–H groups in total. The van der Waals surface area contributed by atoms with Gasteiger partial charge in [-0.15, -0.1) is 5.10 Å². The first-order chi connectivity index (χ1) is 9.31. The van der Waals surface area contributed by atoms with Gasteiger partial charge in [0.15, 0.2) is 5.69 Å². The number of nitrogens with zero attached hydrogens (tertiary/aromatic N) is 3. The second-order valence-corrected chi connectivity index (χ2v) is 3.63. The maximum atomic E-state index is 11.7. The third kappa shape index (κ3) is 3.60. The molecule has 0 fully saturated rings. The summed E-state index contributed by atoms with van der Waals surface area (Å²) in [5.41, 5.74) is 3.23. The van der Waals surface area contributed by atoms with Gasteiger partial charge in [0.25, 0.3) is 5.91 Å². The molecule has 2 aromatic rings. The Labute approximate surface area is 110 Å². The van der Waals surface area contributed by atoms with E-state index in [-0.39, 0.29) is 12.3 Å². The van der Waals surface area contributed by atoms with E-state index >= 15 is 0 Å². The fourth-order valence-electron chi connectivity index (χ4n) is 1.35. The molecular formula is C12H14N4O3. The number of hydrogen-bond acceptors (Lipinski definition) is 5. The first-order valence-corrected chi connectivity index (χ1v) is 5.70. The third-order valence-corrected chi connectivity index (χ3v) is 2.27. The zero-order valence-corrected chi connectivity index (χ0v) is 10.4. The Morgan fingerprint density at radius 3 is 2.84 bits per heavy atom. The number of aromatic nitrogens is 3. The lowest BCUT2D eigenvalue weighted by atomic mass is 10.3. The van der Waals surface area contributed by atoms with Crippen LogP contribution in [0.15, 0.2) is 36.5 Å². The number of hydrogen-bond donors (Lipinski definition) is 1. The Morgan fingerprint density at radius 1 is 1.32 bits per heavy atom. The predicted octanol–water partition coefficient (Wildman–Crippen LogP) is 0.575. The highest BCUT2D eigenvalue weighted by Gasteiger charge is 2.11. The lowest BCUT2D eigenvalue weighted by Gasteiger charge is -2.02. The van der Waals surface area contributed by atoms with Crippen molar-refractivity contribution in [2.45, 2.75) is 0 Å². The molecule has 0 radical (unpaired) electrons. The van der Waals surface area contributed by atoms with Crippen LogP contribution in [-0.2, 0) is 9.57 Å². The van der Waals surface area contributed by atoms with E-state index in [4.69, 9.17) is 9.57 Å². The molecule has 0 saturated carbocycles. The Hall–Kier alpha value is -2.25. The normalized spacial score (nSPS) is 10.4. The van der Waals surface area contributed by atoms with Crippen molar-refractivity contribution in [2.75, 3.05) is 20.3 Å². The third-order valence-electron chi connectivity index (χ3n) is 2.27. The number of carbonyl (C=O) groups excluding carboxylic acids is 1. The molecule has 0 aliphatic heterocycles. The van der Waals surface area contributed by atoms with Crippen LogP contribution in [0.4, 0.5) is 0 Å². The molecule has 0 aliphatic carbocycles. The van der Waals surface area contributed by atoms with Gasteiger partial charge in [-0.1, -0.05) is 18.2 Å². The molecule has 1 amide bonds. The fourth-order valence-corrected chi connectivity index (χ4v) is 1.35. The van der Waals surface area contributed by atoms with Gasteiger partial charge in [-0.3, -0.25) is 9.63 Å². The second kappa shape index (κ2) is 6.62. The summed E-state index contributed by atoms with van der Waals surface area (Å²) in [4.78, 5) is 17.9. The number of benzene rings is 1. The van der Waals surface area contributed by atoms with E-state index in [9.17, 15) is 4.79 Å². The number of hydroxylamine groups is 1. The van der Waals surface area contributed by atoms with Gasteiger partial charge in [-0.05, 0) is 12.1 Å². The van der Waals surface area contributed by atoms with Gasteiger partial charge in [0.2, 0.25) is 0 Å². The van der Waals surface area contributed by atoms with Crippen LogP contribution in [-0.4, -0.2) is 41.2 Å². The minimum Gasteiger partial charge on any atom is -0.382 e. The van der Waals surface area contributed by atoms with Crippen LogP contribution in [0.3, 0.4) is 0 Å². The van der Waals surface area contributed by atoms with Crippen LogP contribution in [0.2, 0.25) is 0 Å². The average molecular weight is 262 g/mol. The van der Waals surface area contributed by atoms with E-state index < -0.39 is 5.91 Å². The first-order valence-electron chi connectivity index (χ1n) is 5.70. The Balaban J connectivity index is 1.95. The maximum absolute atomic E-state index is 11.7. The topological polar surface area (TPSA) is 78.3 Å². The van der Waals surface area contributed by atoms with Crippen molar-refractivity contribution < 1.29 is 14.4 Å². The number of para-hydroxylation sites is 1. The van der Waals surface area contributed by atoms with E-state index in [1.807, 2.05) is 30.3 Å². The summed E-state index contributed by atoms with van der Waals surface area (Å²) in [6.07, 6.45) is 1.38. The van der Waals surface area contributed by atoms with Crippen LogP contribution >= 0.6 is 0 Å². The van der Waals surface area contributed by atoms with Crippen molar-refractivity contribution in [2.24, 2.45) is 0 Å². The van der Waals surface area contributed by atoms with Gasteiger partial charge >= 0.3 is 0 Å². The number of amides is 1. The highest BCUT2D eigenvalue weighted by atomic mass is 16.7. The van der Waals surface area contributed by atoms with Gasteiger partial charge in [0.05, 0.1) is 25.1 Å². The van der Waals surface area contributed by atoms with Crippen LogP contribution in [0.25, 0.3) is 5.69 Å². The maximum Gasteiger partial charge on any atom is 0.297 e. The molecule has 0 saturated heterocycles. The highest BCUT2D eigenvalue weighted by Crippen LogP contribution is 2.03. The monoisotopic (exact) mass is 262 g/mol. The van der Waals surface area contributed by atoms with Gasteiger partial charge in [0.1, 0.15) is 0 Å². The number of carbonyl (C=O) groups is 1. The number of methoxy groups -OCH3 is 1. The summed E-state index contributed by atoms with van der Waals surface area (Å²) in [6, 6.07) is 9.32. The Morgan fingerprint density at radius 2 is 2.11 bits per heavy atom. The van der Waals surface area contributed by atoms with Crippen LogP contribution < -0.4 is 5.48 Å². The standard InChI is InChI=1S/C12H14N4O3/c1-18-7-8-19-15-12(17)11-9-13-16(14-11)10-5-3-2-4-6-10/h2-6,9H,7-8H2,1H3,(H,15,17). The van der Waals surface area contributed by atoms with Gasteiger partial charge in [-0.2, -0.15) is 9.90 Å². The van der Waals surface area contributed by atoms with E-state index in [2.05, 4.69) is 15.7 Å². The molecule has 0 spiro atoms. The van der Waals surface area contributed by atoms with E-state index in [1.54, 1.807) is 7.11 Å². The summed E-state index contributed by atoms with van der Waals surface area (Å²) in [7, 11) is 1.55.